The van der Waals surface area contributed by atoms with E-state index < -0.39 is 0 Å². The number of nitrogens with zero attached hydrogens (tertiary/aromatic N) is 1. The van der Waals surface area contributed by atoms with Crippen molar-refractivity contribution in [1.29, 1.82) is 0 Å². The van der Waals surface area contributed by atoms with Gasteiger partial charge in [-0.15, -0.1) is 0 Å². The molecule has 0 N–H and O–H groups in total. The molecule has 0 spiro atoms. The van der Waals surface area contributed by atoms with Gasteiger partial charge in [0.25, 0.3) is 0 Å². The Morgan fingerprint density at radius 1 is 1.21 bits per heavy atom. The zero-order valence-electron chi connectivity index (χ0n) is 9.39. The van der Waals surface area contributed by atoms with Gasteiger partial charge in [-0.2, -0.15) is 0 Å². The lowest BCUT2D eigenvalue weighted by molar-refractivity contribution is 0.592. The Labute approximate surface area is 85.9 Å². The van der Waals surface area contributed by atoms with E-state index in [1.165, 1.54) is 22.4 Å². The lowest BCUT2D eigenvalue weighted by Gasteiger charge is -2.19. The molecule has 2 rings (SSSR count). The summed E-state index contributed by atoms with van der Waals surface area (Å²) in [7, 11) is 0. The Balaban J connectivity index is 2.51. The van der Waals surface area contributed by atoms with Crippen LogP contribution in [0.25, 0.3) is 0 Å². The number of fused-ring (bicyclic) bond motifs is 1. The largest absolute Gasteiger partial charge is 0.284 e. The summed E-state index contributed by atoms with van der Waals surface area (Å²) in [5.41, 5.74) is 5.48. The van der Waals surface area contributed by atoms with E-state index in [9.17, 15) is 0 Å². The zero-order valence-corrected chi connectivity index (χ0v) is 9.39. The minimum absolute atomic E-state index is 0.166. The monoisotopic (exact) mass is 187 g/mol. The highest BCUT2D eigenvalue weighted by Gasteiger charge is 2.26. The van der Waals surface area contributed by atoms with E-state index in [0.717, 1.165) is 6.54 Å². The average molecular weight is 187 g/mol. The van der Waals surface area contributed by atoms with Crippen LogP contribution >= 0.6 is 0 Å². The fourth-order valence-corrected chi connectivity index (χ4v) is 1.94. The first-order chi connectivity index (χ1) is 6.48. The van der Waals surface area contributed by atoms with Gasteiger partial charge in [-0.05, 0) is 18.6 Å². The van der Waals surface area contributed by atoms with Crippen molar-refractivity contribution in [3.05, 3.63) is 34.9 Å². The molecule has 0 radical (unpaired) electrons. The first kappa shape index (κ1) is 9.45. The van der Waals surface area contributed by atoms with Gasteiger partial charge in [0.1, 0.15) is 0 Å². The number of aryl methyl sites for hydroxylation is 1. The third-order valence-electron chi connectivity index (χ3n) is 2.64. The van der Waals surface area contributed by atoms with Gasteiger partial charge in [-0.25, -0.2) is 0 Å². The third kappa shape index (κ3) is 1.47. The fourth-order valence-electron chi connectivity index (χ4n) is 1.94. The minimum atomic E-state index is 0.166. The van der Waals surface area contributed by atoms with E-state index in [1.807, 2.05) is 0 Å². The highest BCUT2D eigenvalue weighted by molar-refractivity contribution is 6.07. The average Bonchev–Trinajstić information content (AvgIpc) is 2.45. The number of benzene rings is 1. The van der Waals surface area contributed by atoms with Gasteiger partial charge in [-0.3, -0.25) is 4.99 Å². The van der Waals surface area contributed by atoms with Gasteiger partial charge >= 0.3 is 0 Å². The highest BCUT2D eigenvalue weighted by atomic mass is 14.8. The quantitative estimate of drug-likeness (QED) is 0.590. The van der Waals surface area contributed by atoms with Gasteiger partial charge in [0.15, 0.2) is 0 Å². The van der Waals surface area contributed by atoms with Crippen molar-refractivity contribution in [3.63, 3.8) is 0 Å². The topological polar surface area (TPSA) is 12.4 Å². The van der Waals surface area contributed by atoms with Crippen LogP contribution in [0.5, 0.6) is 0 Å². The van der Waals surface area contributed by atoms with Crippen LogP contribution in [0.3, 0.4) is 0 Å². The second kappa shape index (κ2) is 2.94. The van der Waals surface area contributed by atoms with Crippen LogP contribution < -0.4 is 0 Å². The molecule has 1 aromatic rings. The molecule has 1 aliphatic heterocycles. The van der Waals surface area contributed by atoms with E-state index in [-0.39, 0.29) is 5.41 Å². The molecule has 0 aromatic heterocycles. The van der Waals surface area contributed by atoms with Crippen LogP contribution in [0, 0.1) is 12.3 Å². The van der Waals surface area contributed by atoms with Crippen molar-refractivity contribution in [2.45, 2.75) is 34.2 Å². The summed E-state index contributed by atoms with van der Waals surface area (Å²) in [6, 6.07) is 6.62. The summed E-state index contributed by atoms with van der Waals surface area (Å²) in [5.74, 6) is 0. The van der Waals surface area contributed by atoms with Gasteiger partial charge in [0, 0.05) is 16.7 Å². The van der Waals surface area contributed by atoms with Crippen molar-refractivity contribution in [3.8, 4) is 0 Å². The molecule has 1 heteroatoms. The fraction of sp³-hybridized carbons (Fsp3) is 0.462. The number of rotatable bonds is 0. The predicted octanol–water partition coefficient (Wildman–Crippen LogP) is 3.34. The zero-order chi connectivity index (χ0) is 10.3. The SMILES string of the molecule is Cc1ccc2c(c1)C(C(C)(C)C)=NC2. The highest BCUT2D eigenvalue weighted by Crippen LogP contribution is 2.30. The second-order valence-corrected chi connectivity index (χ2v) is 5.08. The molecule has 14 heavy (non-hydrogen) atoms. The van der Waals surface area contributed by atoms with E-state index in [0.29, 0.717) is 0 Å². The van der Waals surface area contributed by atoms with E-state index in [1.54, 1.807) is 0 Å². The molecule has 0 bridgehead atoms. The molecule has 74 valence electrons. The molecule has 1 aromatic carbocycles. The molecule has 0 amide bonds. The lowest BCUT2D eigenvalue weighted by atomic mass is 9.85. The van der Waals surface area contributed by atoms with Crippen LogP contribution in [-0.4, -0.2) is 5.71 Å². The summed E-state index contributed by atoms with van der Waals surface area (Å²) in [6.45, 7) is 9.68. The van der Waals surface area contributed by atoms with Gasteiger partial charge < -0.3 is 0 Å². The number of hydrogen-bond acceptors (Lipinski definition) is 1. The van der Waals surface area contributed by atoms with E-state index >= 15 is 0 Å². The molecular formula is C13H17N. The Morgan fingerprint density at radius 2 is 1.93 bits per heavy atom. The molecule has 0 fully saturated rings. The van der Waals surface area contributed by atoms with E-state index in [2.05, 4.69) is 50.9 Å². The maximum Gasteiger partial charge on any atom is 0.0650 e. The van der Waals surface area contributed by atoms with Crippen LogP contribution in [0.1, 0.15) is 37.5 Å². The van der Waals surface area contributed by atoms with Crippen molar-refractivity contribution < 1.29 is 0 Å². The molecule has 1 nitrogen and oxygen atoms in total. The summed E-state index contributed by atoms with van der Waals surface area (Å²) in [6.07, 6.45) is 0. The van der Waals surface area contributed by atoms with Gasteiger partial charge in [0.2, 0.25) is 0 Å². The van der Waals surface area contributed by atoms with Gasteiger partial charge in [-0.1, -0.05) is 38.5 Å². The standard InChI is InChI=1S/C13H17N/c1-9-5-6-10-8-14-12(11(10)7-9)13(2,3)4/h5-7H,8H2,1-4H3. The molecule has 1 heterocycles. The minimum Gasteiger partial charge on any atom is -0.284 e. The van der Waals surface area contributed by atoms with Crippen molar-refractivity contribution in [1.82, 2.24) is 0 Å². The lowest BCUT2D eigenvalue weighted by Crippen LogP contribution is -2.19. The Kier molecular flexibility index (Phi) is 1.99. The third-order valence-corrected chi connectivity index (χ3v) is 2.64. The summed E-state index contributed by atoms with van der Waals surface area (Å²) in [4.78, 5) is 4.63. The van der Waals surface area contributed by atoms with Crippen molar-refractivity contribution in [2.24, 2.45) is 10.4 Å². The molecule has 0 atom stereocenters. The predicted molar refractivity (Wildman–Crippen MR) is 60.9 cm³/mol. The first-order valence-electron chi connectivity index (χ1n) is 5.13. The number of aliphatic imine (C=N–C) groups is 1. The molecule has 0 aliphatic carbocycles. The molecule has 0 saturated heterocycles. The Morgan fingerprint density at radius 3 is 2.57 bits per heavy atom. The Bertz CT molecular complexity index is 394. The van der Waals surface area contributed by atoms with Crippen LogP contribution in [-0.2, 0) is 6.54 Å². The van der Waals surface area contributed by atoms with Gasteiger partial charge in [0.05, 0.1) is 6.54 Å². The smallest absolute Gasteiger partial charge is 0.0650 e. The van der Waals surface area contributed by atoms with Crippen LogP contribution in [0.2, 0.25) is 0 Å². The number of hydrogen-bond donors (Lipinski definition) is 0. The summed E-state index contributed by atoms with van der Waals surface area (Å²) >= 11 is 0. The molecule has 0 unspecified atom stereocenters. The van der Waals surface area contributed by atoms with Crippen LogP contribution in [0.4, 0.5) is 0 Å². The van der Waals surface area contributed by atoms with E-state index in [4.69, 9.17) is 0 Å². The van der Waals surface area contributed by atoms with Crippen molar-refractivity contribution in [2.75, 3.05) is 0 Å². The molecule has 0 saturated carbocycles. The second-order valence-electron chi connectivity index (χ2n) is 5.08. The molecular weight excluding hydrogens is 170 g/mol. The van der Waals surface area contributed by atoms with Crippen molar-refractivity contribution >= 4 is 5.71 Å². The normalized spacial score (nSPS) is 15.3. The van der Waals surface area contributed by atoms with Crippen LogP contribution in [0.15, 0.2) is 23.2 Å². The first-order valence-corrected chi connectivity index (χ1v) is 5.13. The maximum atomic E-state index is 4.63. The Hall–Kier alpha value is -1.11. The summed E-state index contributed by atoms with van der Waals surface area (Å²) < 4.78 is 0. The summed E-state index contributed by atoms with van der Waals surface area (Å²) in [5, 5.41) is 0. The molecule has 1 aliphatic rings. The maximum absolute atomic E-state index is 4.63.